The van der Waals surface area contributed by atoms with Crippen LogP contribution in [0.3, 0.4) is 0 Å². The minimum atomic E-state index is -4.05. The SMILES string of the molecule is O=c1cc(OCCCCCCCCC(F)(F)F)[nH]cc1O. The molecule has 1 heterocycles. The van der Waals surface area contributed by atoms with E-state index in [0.717, 1.165) is 31.9 Å². The van der Waals surface area contributed by atoms with Gasteiger partial charge in [-0.05, 0) is 12.8 Å². The van der Waals surface area contributed by atoms with Gasteiger partial charge in [0.1, 0.15) is 0 Å². The maximum atomic E-state index is 11.9. The van der Waals surface area contributed by atoms with Crippen LogP contribution in [0.15, 0.2) is 17.1 Å². The van der Waals surface area contributed by atoms with E-state index >= 15 is 0 Å². The highest BCUT2D eigenvalue weighted by atomic mass is 19.4. The topological polar surface area (TPSA) is 62.3 Å². The van der Waals surface area contributed by atoms with Gasteiger partial charge in [0.15, 0.2) is 11.6 Å². The highest BCUT2D eigenvalue weighted by Gasteiger charge is 2.25. The molecule has 0 aliphatic carbocycles. The Morgan fingerprint density at radius 1 is 1.10 bits per heavy atom. The van der Waals surface area contributed by atoms with Crippen molar-refractivity contribution in [2.24, 2.45) is 0 Å². The summed E-state index contributed by atoms with van der Waals surface area (Å²) in [6, 6.07) is 1.17. The van der Waals surface area contributed by atoms with Crippen LogP contribution in [0.5, 0.6) is 11.6 Å². The molecule has 1 rings (SSSR count). The van der Waals surface area contributed by atoms with Crippen LogP contribution in [0.25, 0.3) is 0 Å². The Labute approximate surface area is 121 Å². The van der Waals surface area contributed by atoms with Crippen LogP contribution in [0, 0.1) is 0 Å². The molecule has 2 N–H and O–H groups in total. The average Bonchev–Trinajstić information content (AvgIpc) is 2.39. The zero-order chi connectivity index (χ0) is 15.7. The summed E-state index contributed by atoms with van der Waals surface area (Å²) in [5.74, 6) is -0.0656. The molecule has 7 heteroatoms. The molecule has 0 aromatic carbocycles. The number of aromatic hydroxyl groups is 1. The summed E-state index contributed by atoms with van der Waals surface area (Å²) in [5.41, 5.74) is -0.506. The Balaban J connectivity index is 2.00. The van der Waals surface area contributed by atoms with Crippen molar-refractivity contribution < 1.29 is 23.0 Å². The molecule has 0 amide bonds. The molecule has 0 aliphatic heterocycles. The van der Waals surface area contributed by atoms with E-state index in [4.69, 9.17) is 9.84 Å². The minimum absolute atomic E-state index is 0.189. The van der Waals surface area contributed by atoms with E-state index in [1.807, 2.05) is 0 Å². The number of aromatic amines is 1. The number of H-pyrrole nitrogens is 1. The number of nitrogens with one attached hydrogen (secondary N) is 1. The van der Waals surface area contributed by atoms with Crippen molar-refractivity contribution >= 4 is 0 Å². The number of hydrogen-bond donors (Lipinski definition) is 2. The molecule has 1 aromatic heterocycles. The molecule has 0 saturated heterocycles. The highest BCUT2D eigenvalue weighted by molar-refractivity contribution is 5.21. The Bertz CT molecular complexity index is 471. The molecule has 0 unspecified atom stereocenters. The monoisotopic (exact) mass is 307 g/mol. The molecular weight excluding hydrogens is 287 g/mol. The maximum Gasteiger partial charge on any atom is 0.389 e. The van der Waals surface area contributed by atoms with Crippen LogP contribution in [0.4, 0.5) is 13.2 Å². The van der Waals surface area contributed by atoms with E-state index in [1.165, 1.54) is 6.07 Å². The van der Waals surface area contributed by atoms with Crippen molar-refractivity contribution in [2.45, 2.75) is 51.1 Å². The van der Waals surface area contributed by atoms with Gasteiger partial charge in [-0.1, -0.05) is 25.7 Å². The van der Waals surface area contributed by atoms with Gasteiger partial charge >= 0.3 is 6.18 Å². The van der Waals surface area contributed by atoms with E-state index in [9.17, 15) is 18.0 Å². The Hall–Kier alpha value is -1.66. The lowest BCUT2D eigenvalue weighted by atomic mass is 10.1. The second-order valence-electron chi connectivity index (χ2n) is 4.88. The molecule has 0 spiro atoms. The van der Waals surface area contributed by atoms with Crippen molar-refractivity contribution in [3.05, 3.63) is 22.5 Å². The molecule has 0 saturated carbocycles. The minimum Gasteiger partial charge on any atom is -0.503 e. The number of halogens is 3. The van der Waals surface area contributed by atoms with Gasteiger partial charge in [-0.25, -0.2) is 0 Å². The maximum absolute atomic E-state index is 11.9. The van der Waals surface area contributed by atoms with E-state index in [-0.39, 0.29) is 12.2 Å². The zero-order valence-corrected chi connectivity index (χ0v) is 11.7. The molecule has 0 aliphatic rings. The van der Waals surface area contributed by atoms with Crippen LogP contribution in [-0.2, 0) is 0 Å². The normalized spacial score (nSPS) is 11.6. The average molecular weight is 307 g/mol. The van der Waals surface area contributed by atoms with Crippen molar-refractivity contribution in [3.8, 4) is 11.6 Å². The van der Waals surface area contributed by atoms with Crippen LogP contribution in [0.1, 0.15) is 44.9 Å². The number of pyridine rings is 1. The Morgan fingerprint density at radius 3 is 2.33 bits per heavy atom. The molecule has 120 valence electrons. The van der Waals surface area contributed by atoms with Crippen LogP contribution < -0.4 is 10.2 Å². The van der Waals surface area contributed by atoms with E-state index in [2.05, 4.69) is 4.98 Å². The lowest BCUT2D eigenvalue weighted by molar-refractivity contribution is -0.135. The molecule has 0 fully saturated rings. The summed E-state index contributed by atoms with van der Waals surface area (Å²) >= 11 is 0. The summed E-state index contributed by atoms with van der Waals surface area (Å²) in [4.78, 5) is 13.7. The second kappa shape index (κ2) is 8.59. The van der Waals surface area contributed by atoms with Gasteiger partial charge in [0.05, 0.1) is 6.61 Å². The van der Waals surface area contributed by atoms with Gasteiger partial charge in [-0.3, -0.25) is 4.79 Å². The number of ether oxygens (including phenoxy) is 1. The largest absolute Gasteiger partial charge is 0.503 e. The van der Waals surface area contributed by atoms with E-state index in [0.29, 0.717) is 18.9 Å². The summed E-state index contributed by atoms with van der Waals surface area (Å²) in [5, 5.41) is 9.04. The fourth-order valence-corrected chi connectivity index (χ4v) is 1.85. The molecule has 21 heavy (non-hydrogen) atoms. The molecule has 1 aromatic rings. The Morgan fingerprint density at radius 2 is 1.71 bits per heavy atom. The summed E-state index contributed by atoms with van der Waals surface area (Å²) < 4.78 is 41.0. The van der Waals surface area contributed by atoms with Gasteiger partial charge < -0.3 is 14.8 Å². The van der Waals surface area contributed by atoms with Crippen molar-refractivity contribution in [1.82, 2.24) is 4.98 Å². The standard InChI is InChI=1S/C14H20F3NO3/c15-14(16,17)7-5-3-1-2-4-6-8-21-13-9-11(19)12(20)10-18-13/h9-10,20H,1-8H2,(H,18,19). The fraction of sp³-hybridized carbons (Fsp3) is 0.643. The van der Waals surface area contributed by atoms with E-state index in [1.54, 1.807) is 0 Å². The first kappa shape index (κ1) is 17.4. The summed E-state index contributed by atoms with van der Waals surface area (Å²) in [6.45, 7) is 0.420. The van der Waals surface area contributed by atoms with Gasteiger partial charge in [0, 0.05) is 18.7 Å². The number of aromatic nitrogens is 1. The third kappa shape index (κ3) is 8.27. The van der Waals surface area contributed by atoms with Crippen molar-refractivity contribution in [3.63, 3.8) is 0 Å². The fourth-order valence-electron chi connectivity index (χ4n) is 1.85. The number of hydrogen-bond acceptors (Lipinski definition) is 3. The third-order valence-corrected chi connectivity index (χ3v) is 2.98. The van der Waals surface area contributed by atoms with Crippen molar-refractivity contribution in [1.29, 1.82) is 0 Å². The first-order valence-electron chi connectivity index (χ1n) is 7.00. The predicted molar refractivity (Wildman–Crippen MR) is 72.6 cm³/mol. The first-order chi connectivity index (χ1) is 9.88. The van der Waals surface area contributed by atoms with Crippen LogP contribution >= 0.6 is 0 Å². The Kier molecular flexibility index (Phi) is 7.11. The van der Waals surface area contributed by atoms with Gasteiger partial charge in [0.2, 0.25) is 5.43 Å². The first-order valence-corrected chi connectivity index (χ1v) is 7.00. The van der Waals surface area contributed by atoms with Gasteiger partial charge in [-0.15, -0.1) is 0 Å². The van der Waals surface area contributed by atoms with Gasteiger partial charge in [-0.2, -0.15) is 13.2 Å². The number of rotatable bonds is 9. The smallest absolute Gasteiger partial charge is 0.389 e. The van der Waals surface area contributed by atoms with Crippen LogP contribution in [-0.4, -0.2) is 22.9 Å². The van der Waals surface area contributed by atoms with Crippen LogP contribution in [0.2, 0.25) is 0 Å². The second-order valence-corrected chi connectivity index (χ2v) is 4.88. The number of unbranched alkanes of at least 4 members (excludes halogenated alkanes) is 5. The third-order valence-electron chi connectivity index (χ3n) is 2.98. The molecule has 0 atom stereocenters. The molecule has 0 bridgehead atoms. The quantitative estimate of drug-likeness (QED) is 0.683. The highest BCUT2D eigenvalue weighted by Crippen LogP contribution is 2.23. The molecule has 4 nitrogen and oxygen atoms in total. The van der Waals surface area contributed by atoms with Crippen molar-refractivity contribution in [2.75, 3.05) is 6.61 Å². The van der Waals surface area contributed by atoms with Gasteiger partial charge in [0.25, 0.3) is 0 Å². The van der Waals surface area contributed by atoms with E-state index < -0.39 is 18.0 Å². The lowest BCUT2D eigenvalue weighted by Crippen LogP contribution is -2.06. The molecular formula is C14H20F3NO3. The summed E-state index contributed by atoms with van der Waals surface area (Å²) in [6.07, 6.45) is 0.480. The predicted octanol–water partition coefficient (Wildman–Crippen LogP) is 3.75. The zero-order valence-electron chi connectivity index (χ0n) is 11.7. The summed E-state index contributed by atoms with van der Waals surface area (Å²) in [7, 11) is 0. The lowest BCUT2D eigenvalue weighted by Gasteiger charge is -2.07. The number of alkyl halides is 3. The molecule has 0 radical (unpaired) electrons.